The zero-order chi connectivity index (χ0) is 21.6. The highest BCUT2D eigenvalue weighted by atomic mass is 16.5. The van der Waals surface area contributed by atoms with Crippen LogP contribution in [0.1, 0.15) is 51.5 Å². The van der Waals surface area contributed by atoms with Crippen LogP contribution < -0.4 is 4.74 Å². The Morgan fingerprint density at radius 2 is 1.77 bits per heavy atom. The molecule has 0 N–H and O–H groups in total. The Bertz CT molecular complexity index is 710. The average Bonchev–Trinajstić information content (AvgIpc) is 2.79. The van der Waals surface area contributed by atoms with E-state index in [4.69, 9.17) is 9.47 Å². The van der Waals surface area contributed by atoms with Gasteiger partial charge in [0, 0.05) is 13.1 Å². The third kappa shape index (κ3) is 4.97. The standard InChI is InChI=1S/C24H36N2O4/c1-4-25-15-7-6-8-21(25)22(27)26-16-13-24(14-17-26,23(28)30-5-2)18-19-9-11-20(29-3)12-10-19/h9-12,21H,4-8,13-18H2,1-3H3/t21-/m0/s1. The Morgan fingerprint density at radius 3 is 2.37 bits per heavy atom. The first-order valence-corrected chi connectivity index (χ1v) is 11.4. The van der Waals surface area contributed by atoms with Gasteiger partial charge in [-0.15, -0.1) is 0 Å². The summed E-state index contributed by atoms with van der Waals surface area (Å²) in [6.07, 6.45) is 5.14. The number of piperidine rings is 2. The van der Waals surface area contributed by atoms with Gasteiger partial charge < -0.3 is 14.4 Å². The van der Waals surface area contributed by atoms with Crippen molar-refractivity contribution in [1.82, 2.24) is 9.80 Å². The normalized spacial score (nSPS) is 21.8. The van der Waals surface area contributed by atoms with Crippen molar-refractivity contribution in [1.29, 1.82) is 0 Å². The smallest absolute Gasteiger partial charge is 0.312 e. The van der Waals surface area contributed by atoms with Crippen LogP contribution in [0, 0.1) is 5.41 Å². The van der Waals surface area contributed by atoms with Gasteiger partial charge in [-0.25, -0.2) is 0 Å². The lowest BCUT2D eigenvalue weighted by Gasteiger charge is -2.43. The number of hydrogen-bond donors (Lipinski definition) is 0. The van der Waals surface area contributed by atoms with E-state index in [0.29, 0.717) is 39.0 Å². The van der Waals surface area contributed by atoms with Gasteiger partial charge in [0.05, 0.1) is 25.2 Å². The first-order valence-electron chi connectivity index (χ1n) is 11.4. The van der Waals surface area contributed by atoms with Crippen LogP contribution in [0.15, 0.2) is 24.3 Å². The number of carbonyl (C=O) groups excluding carboxylic acids is 2. The molecule has 2 heterocycles. The Morgan fingerprint density at radius 1 is 1.07 bits per heavy atom. The Hall–Kier alpha value is -2.08. The topological polar surface area (TPSA) is 59.1 Å². The Kier molecular flexibility index (Phi) is 7.75. The molecular weight excluding hydrogens is 380 g/mol. The second kappa shape index (κ2) is 10.3. The van der Waals surface area contributed by atoms with E-state index in [1.165, 1.54) is 6.42 Å². The summed E-state index contributed by atoms with van der Waals surface area (Å²) in [6, 6.07) is 7.88. The van der Waals surface area contributed by atoms with Crippen molar-refractivity contribution in [2.75, 3.05) is 39.9 Å². The number of esters is 1. The van der Waals surface area contributed by atoms with Crippen molar-refractivity contribution in [3.63, 3.8) is 0 Å². The first kappa shape index (κ1) is 22.6. The van der Waals surface area contributed by atoms with Crippen molar-refractivity contribution in [2.45, 2.75) is 58.4 Å². The summed E-state index contributed by atoms with van der Waals surface area (Å²) in [5, 5.41) is 0. The number of hydrogen-bond acceptors (Lipinski definition) is 5. The molecule has 1 aromatic carbocycles. The molecule has 2 fully saturated rings. The van der Waals surface area contributed by atoms with E-state index in [9.17, 15) is 9.59 Å². The number of ether oxygens (including phenoxy) is 2. The Balaban J connectivity index is 1.70. The highest BCUT2D eigenvalue weighted by Gasteiger charge is 2.44. The largest absolute Gasteiger partial charge is 0.497 e. The predicted octanol–water partition coefficient (Wildman–Crippen LogP) is 3.28. The van der Waals surface area contributed by atoms with Crippen molar-refractivity contribution in [3.05, 3.63) is 29.8 Å². The van der Waals surface area contributed by atoms with E-state index in [-0.39, 0.29) is 17.9 Å². The van der Waals surface area contributed by atoms with Gasteiger partial charge in [0.15, 0.2) is 0 Å². The Labute approximate surface area is 180 Å². The van der Waals surface area contributed by atoms with E-state index in [1.807, 2.05) is 36.1 Å². The van der Waals surface area contributed by atoms with Gasteiger partial charge in [-0.1, -0.05) is 25.5 Å². The molecule has 0 aromatic heterocycles. The van der Waals surface area contributed by atoms with Gasteiger partial charge in [-0.3, -0.25) is 14.5 Å². The number of nitrogens with zero attached hydrogens (tertiary/aromatic N) is 2. The van der Waals surface area contributed by atoms with E-state index in [1.54, 1.807) is 7.11 Å². The van der Waals surface area contributed by atoms with Crippen molar-refractivity contribution in [3.8, 4) is 5.75 Å². The molecule has 1 amide bonds. The SMILES string of the molecule is CCOC(=O)C1(Cc2ccc(OC)cc2)CCN(C(=O)[C@@H]2CCCCN2CC)CC1. The number of benzene rings is 1. The average molecular weight is 417 g/mol. The molecule has 0 saturated carbocycles. The zero-order valence-corrected chi connectivity index (χ0v) is 18.7. The van der Waals surface area contributed by atoms with Crippen LogP contribution in [-0.2, 0) is 20.7 Å². The maximum absolute atomic E-state index is 13.2. The fraction of sp³-hybridized carbons (Fsp3) is 0.667. The van der Waals surface area contributed by atoms with E-state index >= 15 is 0 Å². The molecular formula is C24H36N2O4. The monoisotopic (exact) mass is 416 g/mol. The second-order valence-corrected chi connectivity index (χ2v) is 8.49. The number of methoxy groups -OCH3 is 1. The van der Waals surface area contributed by atoms with Crippen LogP contribution in [0.2, 0.25) is 0 Å². The van der Waals surface area contributed by atoms with Gasteiger partial charge >= 0.3 is 5.97 Å². The van der Waals surface area contributed by atoms with Gasteiger partial charge in [0.25, 0.3) is 0 Å². The minimum Gasteiger partial charge on any atom is -0.497 e. The summed E-state index contributed by atoms with van der Waals surface area (Å²) >= 11 is 0. The summed E-state index contributed by atoms with van der Waals surface area (Å²) in [6.45, 7) is 7.49. The molecule has 2 aliphatic rings. The van der Waals surface area contributed by atoms with Crippen LogP contribution in [0.4, 0.5) is 0 Å². The summed E-state index contributed by atoms with van der Waals surface area (Å²) in [5.41, 5.74) is 0.520. The summed E-state index contributed by atoms with van der Waals surface area (Å²) in [4.78, 5) is 30.5. The van der Waals surface area contributed by atoms with Crippen molar-refractivity contribution >= 4 is 11.9 Å². The quantitative estimate of drug-likeness (QED) is 0.639. The first-order chi connectivity index (χ1) is 14.5. The number of likely N-dealkylation sites (N-methyl/N-ethyl adjacent to an activating group) is 1. The molecule has 6 nitrogen and oxygen atoms in total. The van der Waals surface area contributed by atoms with Crippen LogP contribution in [0.25, 0.3) is 0 Å². The van der Waals surface area contributed by atoms with Gasteiger partial charge in [-0.05, 0) is 69.8 Å². The minimum absolute atomic E-state index is 0.000400. The number of likely N-dealkylation sites (tertiary alicyclic amines) is 2. The molecule has 2 aliphatic heterocycles. The van der Waals surface area contributed by atoms with Gasteiger partial charge in [0.1, 0.15) is 5.75 Å². The fourth-order valence-corrected chi connectivity index (χ4v) is 4.89. The van der Waals surface area contributed by atoms with Crippen LogP contribution in [0.3, 0.4) is 0 Å². The molecule has 0 radical (unpaired) electrons. The van der Waals surface area contributed by atoms with Crippen molar-refractivity contribution in [2.24, 2.45) is 5.41 Å². The van der Waals surface area contributed by atoms with Crippen molar-refractivity contribution < 1.29 is 19.1 Å². The highest BCUT2D eigenvalue weighted by Crippen LogP contribution is 2.37. The maximum atomic E-state index is 13.2. The predicted molar refractivity (Wildman–Crippen MR) is 116 cm³/mol. The van der Waals surface area contributed by atoms with Crippen LogP contribution in [-0.4, -0.2) is 67.6 Å². The molecule has 1 atom stereocenters. The lowest BCUT2D eigenvalue weighted by molar-refractivity contribution is -0.161. The van der Waals surface area contributed by atoms with E-state index in [0.717, 1.165) is 37.2 Å². The summed E-state index contributed by atoms with van der Waals surface area (Å²) in [5.74, 6) is 0.900. The molecule has 0 aliphatic carbocycles. The number of carbonyl (C=O) groups is 2. The number of rotatable bonds is 7. The highest BCUT2D eigenvalue weighted by molar-refractivity contribution is 5.83. The number of amides is 1. The molecule has 3 rings (SSSR count). The molecule has 30 heavy (non-hydrogen) atoms. The lowest BCUT2D eigenvalue weighted by Crippen LogP contribution is -2.55. The fourth-order valence-electron chi connectivity index (χ4n) is 4.89. The van der Waals surface area contributed by atoms with E-state index in [2.05, 4.69) is 11.8 Å². The molecule has 0 bridgehead atoms. The third-order valence-electron chi connectivity index (χ3n) is 6.75. The minimum atomic E-state index is -0.571. The molecule has 0 spiro atoms. The van der Waals surface area contributed by atoms with Gasteiger partial charge in [-0.2, -0.15) is 0 Å². The molecule has 6 heteroatoms. The van der Waals surface area contributed by atoms with Crippen LogP contribution >= 0.6 is 0 Å². The third-order valence-corrected chi connectivity index (χ3v) is 6.75. The molecule has 0 unspecified atom stereocenters. The molecule has 1 aromatic rings. The molecule has 2 saturated heterocycles. The van der Waals surface area contributed by atoms with Gasteiger partial charge in [0.2, 0.25) is 5.91 Å². The molecule has 166 valence electrons. The summed E-state index contributed by atoms with van der Waals surface area (Å²) in [7, 11) is 1.65. The maximum Gasteiger partial charge on any atom is 0.312 e. The lowest BCUT2D eigenvalue weighted by atomic mass is 9.73. The van der Waals surface area contributed by atoms with Crippen LogP contribution in [0.5, 0.6) is 5.75 Å². The second-order valence-electron chi connectivity index (χ2n) is 8.49. The van der Waals surface area contributed by atoms with E-state index < -0.39 is 5.41 Å². The summed E-state index contributed by atoms with van der Waals surface area (Å²) < 4.78 is 10.7. The zero-order valence-electron chi connectivity index (χ0n) is 18.7.